The molecule has 0 saturated carbocycles. The van der Waals surface area contributed by atoms with E-state index in [4.69, 9.17) is 0 Å². The van der Waals surface area contributed by atoms with Crippen molar-refractivity contribution in [3.8, 4) is 0 Å². The van der Waals surface area contributed by atoms with Crippen LogP contribution in [0.15, 0.2) is 56.4 Å². The first-order valence-electron chi connectivity index (χ1n) is 8.82. The number of nitrogens with one attached hydrogen (secondary N) is 1. The molecule has 1 N–H and O–H groups in total. The molecule has 152 valence electrons. The molecule has 0 aliphatic carbocycles. The Labute approximate surface area is 178 Å². The fourth-order valence-electron chi connectivity index (χ4n) is 2.78. The van der Waals surface area contributed by atoms with Crippen molar-refractivity contribution in [2.24, 2.45) is 14.1 Å². The van der Waals surface area contributed by atoms with Crippen LogP contribution < -0.4 is 16.6 Å². The number of thioether (sulfide) groups is 1. The predicted molar refractivity (Wildman–Crippen MR) is 116 cm³/mol. The molecule has 0 aliphatic heterocycles. The number of carbonyl (C=O) groups excluding carboxylic acids is 1. The zero-order chi connectivity index (χ0) is 21.3. The normalized spacial score (nSPS) is 11.0. The third-order valence-electron chi connectivity index (χ3n) is 4.37. The number of benzene rings is 1. The molecule has 3 aromatic heterocycles. The second-order valence-electron chi connectivity index (χ2n) is 6.37. The van der Waals surface area contributed by atoms with Crippen LogP contribution in [0.25, 0.3) is 11.0 Å². The summed E-state index contributed by atoms with van der Waals surface area (Å²) in [5.74, 6) is 0.249. The molecule has 0 unspecified atom stereocenters. The van der Waals surface area contributed by atoms with Gasteiger partial charge in [-0.2, -0.15) is 0 Å². The highest BCUT2D eigenvalue weighted by molar-refractivity contribution is 8.00. The van der Waals surface area contributed by atoms with Crippen LogP contribution in [0.1, 0.15) is 16.1 Å². The van der Waals surface area contributed by atoms with Gasteiger partial charge in [0, 0.05) is 19.8 Å². The number of nitrogens with zero attached hydrogens (tertiary/aromatic N) is 5. The van der Waals surface area contributed by atoms with E-state index in [1.54, 1.807) is 0 Å². The van der Waals surface area contributed by atoms with Crippen LogP contribution in [0.5, 0.6) is 0 Å². The van der Waals surface area contributed by atoms with Gasteiger partial charge in [0.1, 0.15) is 11.3 Å². The Hall–Kier alpha value is -3.31. The van der Waals surface area contributed by atoms with Gasteiger partial charge < -0.3 is 0 Å². The van der Waals surface area contributed by atoms with E-state index in [0.717, 1.165) is 14.7 Å². The Bertz CT molecular complexity index is 1360. The van der Waals surface area contributed by atoms with Crippen molar-refractivity contribution in [3.63, 3.8) is 0 Å². The van der Waals surface area contributed by atoms with Gasteiger partial charge in [-0.25, -0.2) is 9.78 Å². The first kappa shape index (κ1) is 20.0. The van der Waals surface area contributed by atoms with Gasteiger partial charge in [0.2, 0.25) is 5.13 Å². The summed E-state index contributed by atoms with van der Waals surface area (Å²) in [6, 6.07) is 12.9. The van der Waals surface area contributed by atoms with Crippen LogP contribution in [0.3, 0.4) is 0 Å². The maximum atomic E-state index is 12.6. The number of rotatable bonds is 5. The maximum Gasteiger partial charge on any atom is 0.332 e. The van der Waals surface area contributed by atoms with Crippen molar-refractivity contribution < 1.29 is 4.79 Å². The van der Waals surface area contributed by atoms with E-state index in [-0.39, 0.29) is 16.7 Å². The molecule has 1 amide bonds. The van der Waals surface area contributed by atoms with Gasteiger partial charge in [-0.1, -0.05) is 53.4 Å². The highest BCUT2D eigenvalue weighted by atomic mass is 32.2. The summed E-state index contributed by atoms with van der Waals surface area (Å²) in [6.07, 6.45) is 0. The molecule has 0 aliphatic rings. The Morgan fingerprint density at radius 2 is 1.83 bits per heavy atom. The van der Waals surface area contributed by atoms with Crippen LogP contribution >= 0.6 is 23.1 Å². The Morgan fingerprint density at radius 3 is 2.60 bits per heavy atom. The topological polar surface area (TPSA) is 112 Å². The number of fused-ring (bicyclic) bond motifs is 1. The van der Waals surface area contributed by atoms with Gasteiger partial charge in [0.05, 0.1) is 5.39 Å². The molecule has 11 heteroatoms. The maximum absolute atomic E-state index is 12.6. The number of aryl methyl sites for hydroxylation is 1. The molecule has 4 aromatic rings. The zero-order valence-corrected chi connectivity index (χ0v) is 17.7. The summed E-state index contributed by atoms with van der Waals surface area (Å²) < 4.78 is 2.96. The van der Waals surface area contributed by atoms with Crippen molar-refractivity contribution >= 4 is 45.2 Å². The number of carbonyl (C=O) groups is 1. The van der Waals surface area contributed by atoms with E-state index in [1.165, 1.54) is 59.5 Å². The monoisotopic (exact) mass is 440 g/mol. The average molecular weight is 441 g/mol. The van der Waals surface area contributed by atoms with Gasteiger partial charge in [0.15, 0.2) is 4.34 Å². The summed E-state index contributed by atoms with van der Waals surface area (Å²) in [5, 5.41) is 11.3. The van der Waals surface area contributed by atoms with Gasteiger partial charge in [0.25, 0.3) is 11.5 Å². The van der Waals surface area contributed by atoms with Crippen molar-refractivity contribution in [2.45, 2.75) is 10.1 Å². The summed E-state index contributed by atoms with van der Waals surface area (Å²) in [5.41, 5.74) is 0.408. The number of amides is 1. The zero-order valence-electron chi connectivity index (χ0n) is 16.0. The molecular weight excluding hydrogens is 424 g/mol. The van der Waals surface area contributed by atoms with Gasteiger partial charge in [-0.3, -0.25) is 24.0 Å². The molecule has 0 fully saturated rings. The van der Waals surface area contributed by atoms with Crippen molar-refractivity contribution in [2.75, 3.05) is 5.32 Å². The van der Waals surface area contributed by atoms with E-state index in [0.29, 0.717) is 5.13 Å². The lowest BCUT2D eigenvalue weighted by molar-refractivity contribution is 0.102. The number of hydrogen-bond donors (Lipinski definition) is 1. The average Bonchev–Trinajstić information content (AvgIpc) is 3.22. The van der Waals surface area contributed by atoms with E-state index < -0.39 is 17.2 Å². The minimum atomic E-state index is -0.512. The van der Waals surface area contributed by atoms with E-state index in [9.17, 15) is 14.4 Å². The lowest BCUT2D eigenvalue weighted by Gasteiger charge is -2.07. The largest absolute Gasteiger partial charge is 0.332 e. The fourth-order valence-corrected chi connectivity index (χ4v) is 4.48. The number of pyridine rings is 1. The van der Waals surface area contributed by atoms with Gasteiger partial charge in [-0.15, -0.1) is 10.2 Å². The second-order valence-corrected chi connectivity index (χ2v) is 8.57. The Kier molecular flexibility index (Phi) is 5.46. The predicted octanol–water partition coefficient (Wildman–Crippen LogP) is 2.03. The smallest absolute Gasteiger partial charge is 0.295 e. The highest BCUT2D eigenvalue weighted by Crippen LogP contribution is 2.28. The lowest BCUT2D eigenvalue weighted by Crippen LogP contribution is -2.37. The van der Waals surface area contributed by atoms with Crippen molar-refractivity contribution in [1.82, 2.24) is 24.3 Å². The van der Waals surface area contributed by atoms with E-state index in [2.05, 4.69) is 20.5 Å². The lowest BCUT2D eigenvalue weighted by atomic mass is 10.2. The van der Waals surface area contributed by atoms with Crippen molar-refractivity contribution in [1.29, 1.82) is 0 Å². The third kappa shape index (κ3) is 3.89. The fraction of sp³-hybridized carbons (Fsp3) is 0.158. The first-order chi connectivity index (χ1) is 14.4. The molecule has 4 rings (SSSR count). The van der Waals surface area contributed by atoms with Crippen LogP contribution in [0.4, 0.5) is 5.13 Å². The minimum absolute atomic E-state index is 0.0689. The van der Waals surface area contributed by atoms with Gasteiger partial charge >= 0.3 is 5.69 Å². The molecule has 0 radical (unpaired) electrons. The minimum Gasteiger partial charge on any atom is -0.295 e. The summed E-state index contributed by atoms with van der Waals surface area (Å²) in [4.78, 5) is 41.1. The van der Waals surface area contributed by atoms with E-state index >= 15 is 0 Å². The van der Waals surface area contributed by atoms with Crippen LogP contribution in [0, 0.1) is 0 Å². The number of hydrogen-bond acceptors (Lipinski definition) is 8. The first-order valence-corrected chi connectivity index (χ1v) is 10.6. The van der Waals surface area contributed by atoms with Crippen LogP contribution in [0.2, 0.25) is 0 Å². The Morgan fingerprint density at radius 1 is 1.07 bits per heavy atom. The molecule has 0 spiro atoms. The molecule has 1 aromatic carbocycles. The van der Waals surface area contributed by atoms with Crippen LogP contribution in [-0.2, 0) is 19.8 Å². The molecule has 0 bridgehead atoms. The quantitative estimate of drug-likeness (QED) is 0.373. The SMILES string of the molecule is Cn1c(=O)c2ccc(C(=O)Nc3nnc(SCc4ccccc4)s3)nc2n(C)c1=O. The molecule has 30 heavy (non-hydrogen) atoms. The number of aromatic nitrogens is 5. The summed E-state index contributed by atoms with van der Waals surface area (Å²) in [6.45, 7) is 0. The molecule has 0 saturated heterocycles. The molecule has 3 heterocycles. The standard InChI is InChI=1S/C19H16N6O3S2/c1-24-14-12(16(27)25(2)19(24)28)8-9-13(20-14)15(26)21-17-22-23-18(30-17)29-10-11-6-4-3-5-7-11/h3-9H,10H2,1-2H3,(H,21,22,26). The molecule has 9 nitrogen and oxygen atoms in total. The summed E-state index contributed by atoms with van der Waals surface area (Å²) in [7, 11) is 2.90. The Balaban J connectivity index is 1.52. The number of anilines is 1. The van der Waals surface area contributed by atoms with Crippen molar-refractivity contribution in [3.05, 3.63) is 74.6 Å². The highest BCUT2D eigenvalue weighted by Gasteiger charge is 2.15. The summed E-state index contributed by atoms with van der Waals surface area (Å²) >= 11 is 2.79. The van der Waals surface area contributed by atoms with Gasteiger partial charge in [-0.05, 0) is 17.7 Å². The molecular formula is C19H16N6O3S2. The third-order valence-corrected chi connectivity index (χ3v) is 6.41. The van der Waals surface area contributed by atoms with Crippen LogP contribution in [-0.4, -0.2) is 30.2 Å². The van der Waals surface area contributed by atoms with E-state index in [1.807, 2.05) is 30.3 Å². The second kappa shape index (κ2) is 8.20. The molecule has 0 atom stereocenters.